The highest BCUT2D eigenvalue weighted by atomic mass is 35.5. The maximum atomic E-state index is 12.6. The topological polar surface area (TPSA) is 47.3 Å². The second-order valence-corrected chi connectivity index (χ2v) is 5.45. The van der Waals surface area contributed by atoms with Crippen molar-refractivity contribution in [2.45, 2.75) is 12.7 Å². The van der Waals surface area contributed by atoms with Crippen molar-refractivity contribution in [2.75, 3.05) is 0 Å². The lowest BCUT2D eigenvalue weighted by Crippen LogP contribution is -2.28. The fraction of sp³-hybridized carbons (Fsp3) is 0.133. The first-order chi connectivity index (χ1) is 10.8. The van der Waals surface area contributed by atoms with Crippen molar-refractivity contribution in [3.8, 4) is 11.5 Å². The first-order valence-corrected chi connectivity index (χ1v) is 7.21. The van der Waals surface area contributed by atoms with Crippen LogP contribution in [-0.2, 0) is 12.7 Å². The Hall–Kier alpha value is -1.99. The lowest BCUT2D eigenvalue weighted by Gasteiger charge is -2.11. The summed E-state index contributed by atoms with van der Waals surface area (Å²) in [6.07, 6.45) is -4.44. The molecule has 23 heavy (non-hydrogen) atoms. The number of nitrogens with two attached hydrogens (primary N) is 1. The molecular formula is C15H12ClF3N2OS. The molecule has 0 aromatic heterocycles. The molecule has 0 unspecified atom stereocenters. The zero-order chi connectivity index (χ0) is 17.0. The van der Waals surface area contributed by atoms with Gasteiger partial charge in [0.25, 0.3) is 0 Å². The molecule has 0 atom stereocenters. The van der Waals surface area contributed by atoms with Crippen LogP contribution in [0.2, 0.25) is 5.02 Å². The number of alkyl halides is 3. The van der Waals surface area contributed by atoms with Gasteiger partial charge in [-0.05, 0) is 48.1 Å². The maximum absolute atomic E-state index is 12.6. The summed E-state index contributed by atoms with van der Waals surface area (Å²) in [6, 6.07) is 9.83. The Morgan fingerprint density at radius 2 is 1.83 bits per heavy atom. The van der Waals surface area contributed by atoms with Gasteiger partial charge in [-0.15, -0.1) is 0 Å². The van der Waals surface area contributed by atoms with Crippen molar-refractivity contribution >= 4 is 28.9 Å². The van der Waals surface area contributed by atoms with Gasteiger partial charge >= 0.3 is 6.18 Å². The van der Waals surface area contributed by atoms with Gasteiger partial charge in [-0.1, -0.05) is 23.7 Å². The smallest absolute Gasteiger partial charge is 0.416 e. The van der Waals surface area contributed by atoms with Crippen molar-refractivity contribution in [2.24, 2.45) is 5.73 Å². The van der Waals surface area contributed by atoms with Gasteiger partial charge in [0.1, 0.15) is 11.5 Å². The summed E-state index contributed by atoms with van der Waals surface area (Å²) in [5.41, 5.74) is 5.43. The zero-order valence-electron chi connectivity index (χ0n) is 11.7. The second-order valence-electron chi connectivity index (χ2n) is 4.61. The van der Waals surface area contributed by atoms with Crippen LogP contribution >= 0.6 is 23.8 Å². The summed E-state index contributed by atoms with van der Waals surface area (Å²) < 4.78 is 43.2. The highest BCUT2D eigenvalue weighted by Gasteiger charge is 2.31. The van der Waals surface area contributed by atoms with E-state index < -0.39 is 11.7 Å². The van der Waals surface area contributed by atoms with Gasteiger partial charge in [-0.3, -0.25) is 0 Å². The third-order valence-electron chi connectivity index (χ3n) is 2.88. The van der Waals surface area contributed by atoms with Crippen LogP contribution < -0.4 is 15.8 Å². The van der Waals surface area contributed by atoms with Crippen LogP contribution in [0.15, 0.2) is 42.5 Å². The summed E-state index contributed by atoms with van der Waals surface area (Å²) in [6.45, 7) is 0.469. The van der Waals surface area contributed by atoms with Crippen LogP contribution in [0.3, 0.4) is 0 Å². The Morgan fingerprint density at radius 1 is 1.17 bits per heavy atom. The number of nitrogens with one attached hydrogen (secondary N) is 1. The van der Waals surface area contributed by atoms with Gasteiger partial charge in [-0.25, -0.2) is 0 Å². The molecule has 2 aromatic carbocycles. The molecule has 2 aromatic rings. The van der Waals surface area contributed by atoms with Crippen LogP contribution in [0.4, 0.5) is 13.2 Å². The quantitative estimate of drug-likeness (QED) is 0.789. The molecule has 0 amide bonds. The van der Waals surface area contributed by atoms with Crippen LogP contribution in [-0.4, -0.2) is 5.11 Å². The van der Waals surface area contributed by atoms with Gasteiger partial charge in [0.2, 0.25) is 0 Å². The van der Waals surface area contributed by atoms with Crippen LogP contribution in [0, 0.1) is 0 Å². The van der Waals surface area contributed by atoms with Crippen LogP contribution in [0.25, 0.3) is 0 Å². The van der Waals surface area contributed by atoms with Crippen molar-refractivity contribution in [3.05, 3.63) is 58.6 Å². The van der Waals surface area contributed by atoms with Gasteiger partial charge in [0, 0.05) is 6.54 Å². The highest BCUT2D eigenvalue weighted by Crippen LogP contribution is 2.36. The number of benzene rings is 2. The molecule has 3 nitrogen and oxygen atoms in total. The maximum Gasteiger partial charge on any atom is 0.416 e. The van der Waals surface area contributed by atoms with Crippen molar-refractivity contribution in [1.29, 1.82) is 0 Å². The molecule has 0 fully saturated rings. The minimum absolute atomic E-state index is 0.112. The predicted octanol–water partition coefficient (Wildman–Crippen LogP) is 4.48. The molecule has 0 radical (unpaired) electrons. The van der Waals surface area contributed by atoms with E-state index in [0.29, 0.717) is 12.3 Å². The lowest BCUT2D eigenvalue weighted by molar-refractivity contribution is -0.137. The molecule has 0 saturated carbocycles. The molecule has 0 bridgehead atoms. The van der Waals surface area contributed by atoms with Gasteiger partial charge in [0.15, 0.2) is 5.11 Å². The van der Waals surface area contributed by atoms with E-state index in [2.05, 4.69) is 5.32 Å². The summed E-state index contributed by atoms with van der Waals surface area (Å²) in [5.74, 6) is 0.597. The Labute approximate surface area is 141 Å². The fourth-order valence-electron chi connectivity index (χ4n) is 1.75. The standard InChI is InChI=1S/C15H12ClF3N2OS/c16-12-7-10(15(17,18)19)3-6-13(12)22-11-4-1-9(2-5-11)8-21-14(20)23/h1-7H,8H2,(H3,20,21,23). The highest BCUT2D eigenvalue weighted by molar-refractivity contribution is 7.80. The minimum Gasteiger partial charge on any atom is -0.456 e. The van der Waals surface area contributed by atoms with Crippen molar-refractivity contribution < 1.29 is 17.9 Å². The molecule has 0 saturated heterocycles. The first kappa shape index (κ1) is 17.4. The third kappa shape index (κ3) is 5.01. The van der Waals surface area contributed by atoms with Gasteiger partial charge in [0.05, 0.1) is 10.6 Å². The molecule has 0 aliphatic carbocycles. The number of rotatable bonds is 4. The van der Waals surface area contributed by atoms with E-state index in [-0.39, 0.29) is 15.9 Å². The van der Waals surface area contributed by atoms with Gasteiger partial charge in [-0.2, -0.15) is 13.2 Å². The molecule has 2 rings (SSSR count). The van der Waals surface area contributed by atoms with E-state index in [9.17, 15) is 13.2 Å². The van der Waals surface area contributed by atoms with Crippen molar-refractivity contribution in [1.82, 2.24) is 5.32 Å². The van der Waals surface area contributed by atoms with E-state index >= 15 is 0 Å². The summed E-state index contributed by atoms with van der Waals surface area (Å²) in [4.78, 5) is 0. The Kier molecular flexibility index (Phi) is 5.33. The molecule has 8 heteroatoms. The second kappa shape index (κ2) is 7.06. The summed E-state index contributed by atoms with van der Waals surface area (Å²) in [7, 11) is 0. The molecule has 0 aliphatic heterocycles. The molecule has 0 aliphatic rings. The average molecular weight is 361 g/mol. The Balaban J connectivity index is 2.09. The van der Waals surface area contributed by atoms with Gasteiger partial charge < -0.3 is 15.8 Å². The minimum atomic E-state index is -4.44. The van der Waals surface area contributed by atoms with E-state index in [1.807, 2.05) is 0 Å². The number of ether oxygens (including phenoxy) is 1. The van der Waals surface area contributed by atoms with E-state index in [4.69, 9.17) is 34.3 Å². The largest absolute Gasteiger partial charge is 0.456 e. The molecule has 3 N–H and O–H groups in total. The number of thiocarbonyl (C=S) groups is 1. The normalized spacial score (nSPS) is 11.1. The SMILES string of the molecule is NC(=S)NCc1ccc(Oc2ccc(C(F)(F)F)cc2Cl)cc1. The monoisotopic (exact) mass is 360 g/mol. The summed E-state index contributed by atoms with van der Waals surface area (Å²) >= 11 is 10.5. The molecule has 0 heterocycles. The van der Waals surface area contributed by atoms with Crippen LogP contribution in [0.1, 0.15) is 11.1 Å². The lowest BCUT2D eigenvalue weighted by atomic mass is 10.2. The Bertz CT molecular complexity index is 705. The number of hydrogen-bond acceptors (Lipinski definition) is 2. The third-order valence-corrected chi connectivity index (χ3v) is 3.32. The number of hydrogen-bond donors (Lipinski definition) is 2. The summed E-state index contributed by atoms with van der Waals surface area (Å²) in [5, 5.41) is 2.89. The molecule has 0 spiro atoms. The predicted molar refractivity (Wildman–Crippen MR) is 86.6 cm³/mol. The number of halogens is 4. The van der Waals surface area contributed by atoms with Crippen LogP contribution in [0.5, 0.6) is 11.5 Å². The fourth-order valence-corrected chi connectivity index (χ4v) is 2.04. The first-order valence-electron chi connectivity index (χ1n) is 6.42. The van der Waals surface area contributed by atoms with Crippen molar-refractivity contribution in [3.63, 3.8) is 0 Å². The van der Waals surface area contributed by atoms with E-state index in [1.54, 1.807) is 24.3 Å². The Morgan fingerprint density at radius 3 is 2.35 bits per heavy atom. The van der Waals surface area contributed by atoms with E-state index in [1.165, 1.54) is 6.07 Å². The average Bonchev–Trinajstić information content (AvgIpc) is 2.47. The molecular weight excluding hydrogens is 349 g/mol. The molecule has 122 valence electrons. The van der Waals surface area contributed by atoms with E-state index in [0.717, 1.165) is 17.7 Å². The zero-order valence-corrected chi connectivity index (χ0v) is 13.2.